The van der Waals surface area contributed by atoms with Crippen molar-refractivity contribution in [3.05, 3.63) is 30.2 Å². The molecule has 4 saturated carbocycles. The van der Waals surface area contributed by atoms with E-state index >= 15 is 0 Å². The Labute approximate surface area is 220 Å². The van der Waals surface area contributed by atoms with Crippen LogP contribution in [0.3, 0.4) is 0 Å². The minimum atomic E-state index is -0.567. The van der Waals surface area contributed by atoms with E-state index in [1.165, 1.54) is 18.6 Å². The number of nitrogens with zero attached hydrogens (tertiary/aromatic N) is 2. The number of carbonyl (C=O) groups excluding carboxylic acids is 1. The monoisotopic (exact) mass is 510 g/mol. The number of aliphatic hydroxyl groups is 1. The van der Waals surface area contributed by atoms with Gasteiger partial charge in [-0.15, -0.1) is 0 Å². The fourth-order valence-corrected chi connectivity index (χ4v) is 10.2. The lowest BCUT2D eigenvalue weighted by Gasteiger charge is -2.68. The van der Waals surface area contributed by atoms with Crippen molar-refractivity contribution in [3.63, 3.8) is 0 Å². The number of hydrogen-bond donors (Lipinski definition) is 1. The second-order valence-electron chi connectivity index (χ2n) is 13.8. The van der Waals surface area contributed by atoms with Gasteiger partial charge in [-0.05, 0) is 111 Å². The highest BCUT2D eigenvalue weighted by atomic mass is 19.1. The molecule has 4 aliphatic rings. The predicted molar refractivity (Wildman–Crippen MR) is 141 cm³/mol. The van der Waals surface area contributed by atoms with Gasteiger partial charge in [-0.3, -0.25) is 9.48 Å². The molecular weight excluding hydrogens is 467 g/mol. The molecule has 4 aliphatic carbocycles. The summed E-state index contributed by atoms with van der Waals surface area (Å²) in [6, 6.07) is 4.58. The third-order valence-electron chi connectivity index (χ3n) is 12.1. The maximum Gasteiger partial charge on any atom is 0.157 e. The Morgan fingerprint density at radius 3 is 2.68 bits per heavy atom. The number of aromatic nitrogens is 2. The van der Waals surface area contributed by atoms with E-state index in [0.717, 1.165) is 68.9 Å². The van der Waals surface area contributed by atoms with Gasteiger partial charge in [-0.1, -0.05) is 13.8 Å². The zero-order valence-electron chi connectivity index (χ0n) is 22.9. The zero-order chi connectivity index (χ0) is 26.2. The van der Waals surface area contributed by atoms with Gasteiger partial charge in [0.2, 0.25) is 0 Å². The van der Waals surface area contributed by atoms with E-state index in [1.54, 1.807) is 16.9 Å². The lowest BCUT2D eigenvalue weighted by atomic mass is 9.37. The smallest absolute Gasteiger partial charge is 0.157 e. The highest BCUT2D eigenvalue weighted by molar-refractivity contribution is 5.83. The first kappa shape index (κ1) is 25.5. The van der Waals surface area contributed by atoms with Crippen molar-refractivity contribution in [2.75, 3.05) is 13.7 Å². The van der Waals surface area contributed by atoms with Crippen LogP contribution in [0.2, 0.25) is 0 Å². The Kier molecular flexibility index (Phi) is 5.93. The van der Waals surface area contributed by atoms with Gasteiger partial charge in [-0.2, -0.15) is 5.10 Å². The van der Waals surface area contributed by atoms with Crippen LogP contribution < -0.4 is 0 Å². The van der Waals surface area contributed by atoms with Crippen molar-refractivity contribution in [1.82, 2.24) is 9.78 Å². The molecule has 0 bridgehead atoms. The third kappa shape index (κ3) is 3.76. The molecule has 37 heavy (non-hydrogen) atoms. The topological polar surface area (TPSA) is 64.3 Å². The van der Waals surface area contributed by atoms with E-state index in [4.69, 9.17) is 4.74 Å². The molecule has 6 rings (SSSR count). The maximum atomic E-state index is 13.7. The number of ketones is 1. The first-order chi connectivity index (χ1) is 17.5. The number of carbonyl (C=O) groups is 1. The number of ether oxygens (including phenoxy) is 1. The summed E-state index contributed by atoms with van der Waals surface area (Å²) in [6.45, 7) is 7.98. The molecule has 0 amide bonds. The summed E-state index contributed by atoms with van der Waals surface area (Å²) in [4.78, 5) is 13.7. The fourth-order valence-electron chi connectivity index (χ4n) is 10.2. The number of methoxy groups -OCH3 is 1. The summed E-state index contributed by atoms with van der Waals surface area (Å²) >= 11 is 0. The molecule has 0 saturated heterocycles. The van der Waals surface area contributed by atoms with Gasteiger partial charge in [0, 0.05) is 30.0 Å². The second-order valence-corrected chi connectivity index (χ2v) is 13.8. The first-order valence-corrected chi connectivity index (χ1v) is 14.4. The molecule has 8 atom stereocenters. The summed E-state index contributed by atoms with van der Waals surface area (Å²) in [5, 5.41) is 16.2. The van der Waals surface area contributed by atoms with Crippen molar-refractivity contribution < 1.29 is 19.0 Å². The lowest BCUT2D eigenvalue weighted by Crippen LogP contribution is -2.63. The van der Waals surface area contributed by atoms with Crippen LogP contribution in [0, 0.1) is 45.7 Å². The molecule has 0 spiro atoms. The second kappa shape index (κ2) is 8.61. The van der Waals surface area contributed by atoms with Gasteiger partial charge in [0.1, 0.15) is 5.82 Å². The summed E-state index contributed by atoms with van der Waals surface area (Å²) in [5.41, 5.74) is 0.461. The Hall–Kier alpha value is -1.79. The number of fused-ring (bicyclic) bond motifs is 6. The minimum absolute atomic E-state index is 0.0151. The van der Waals surface area contributed by atoms with Crippen molar-refractivity contribution in [2.24, 2.45) is 39.9 Å². The van der Waals surface area contributed by atoms with E-state index in [2.05, 4.69) is 18.9 Å². The molecule has 0 aliphatic heterocycles. The van der Waals surface area contributed by atoms with Gasteiger partial charge in [-0.25, -0.2) is 4.39 Å². The molecule has 5 nitrogen and oxygen atoms in total. The van der Waals surface area contributed by atoms with Gasteiger partial charge in [0.15, 0.2) is 5.78 Å². The molecule has 0 radical (unpaired) electrons. The normalized spacial score (nSPS) is 43.3. The highest BCUT2D eigenvalue weighted by Crippen LogP contribution is 2.73. The molecule has 1 N–H and O–H groups in total. The van der Waals surface area contributed by atoms with E-state index in [1.807, 2.05) is 14.0 Å². The van der Waals surface area contributed by atoms with E-state index in [-0.39, 0.29) is 40.3 Å². The summed E-state index contributed by atoms with van der Waals surface area (Å²) in [6.07, 6.45) is 11.2. The van der Waals surface area contributed by atoms with Gasteiger partial charge >= 0.3 is 0 Å². The number of hydrogen-bond acceptors (Lipinski definition) is 4. The van der Waals surface area contributed by atoms with E-state index in [0.29, 0.717) is 17.8 Å². The summed E-state index contributed by atoms with van der Waals surface area (Å²) < 4.78 is 21.3. The lowest BCUT2D eigenvalue weighted by molar-refractivity contribution is -0.221. The fraction of sp³-hybridized carbons (Fsp3) is 0.742. The molecular formula is C31H43FN2O3. The summed E-state index contributed by atoms with van der Waals surface area (Å²) in [5.74, 6) is 1.68. The molecule has 6 heteroatoms. The molecule has 202 valence electrons. The SMILES string of the molecule is COC[C@]12CC[C@@](C)(O)C[C@H]1CC[C@H]1[C@@H]3CC[C@H](C(=O)Cn4cc5cc(F)ccc5n4)[C@@]3(C)CC[C@@]12C. The van der Waals surface area contributed by atoms with Gasteiger partial charge in [0.25, 0.3) is 0 Å². The molecule has 1 heterocycles. The van der Waals surface area contributed by atoms with Crippen molar-refractivity contribution in [2.45, 2.75) is 90.7 Å². The predicted octanol–water partition coefficient (Wildman–Crippen LogP) is 6.17. The molecule has 2 aromatic rings. The van der Waals surface area contributed by atoms with E-state index < -0.39 is 5.60 Å². The average Bonchev–Trinajstić information content (AvgIpc) is 3.39. The average molecular weight is 511 g/mol. The molecule has 1 aromatic carbocycles. The van der Waals surface area contributed by atoms with Crippen molar-refractivity contribution >= 4 is 16.7 Å². The minimum Gasteiger partial charge on any atom is -0.390 e. The first-order valence-electron chi connectivity index (χ1n) is 14.4. The standard InChI is InChI=1S/C31H43FN2O3/c1-28(36)11-14-31(19-37-4)21(16-28)5-7-24-23-8-9-25(29(23,2)12-13-30(24,31)3)27(35)18-34-17-20-15-22(32)6-10-26(20)33-34/h6,10,15,17,21,23-25,36H,5,7-9,11-14,16,18-19H2,1-4H3/t21-,23+,24+,25-,28-,29+,30+,31-/m1/s1. The van der Waals surface area contributed by atoms with Crippen LogP contribution in [0.4, 0.5) is 4.39 Å². The van der Waals surface area contributed by atoms with Crippen LogP contribution in [0.1, 0.15) is 78.6 Å². The molecule has 4 fully saturated rings. The van der Waals surface area contributed by atoms with Crippen LogP contribution in [0.5, 0.6) is 0 Å². The zero-order valence-corrected chi connectivity index (χ0v) is 22.9. The van der Waals surface area contributed by atoms with Crippen LogP contribution in [-0.2, 0) is 16.1 Å². The molecule has 1 aromatic heterocycles. The maximum absolute atomic E-state index is 13.7. The van der Waals surface area contributed by atoms with Crippen LogP contribution in [0.25, 0.3) is 10.9 Å². The largest absolute Gasteiger partial charge is 0.390 e. The van der Waals surface area contributed by atoms with Crippen LogP contribution in [-0.4, -0.2) is 40.0 Å². The highest BCUT2D eigenvalue weighted by Gasteiger charge is 2.67. The van der Waals surface area contributed by atoms with Crippen molar-refractivity contribution in [1.29, 1.82) is 0 Å². The van der Waals surface area contributed by atoms with E-state index in [9.17, 15) is 14.3 Å². The quantitative estimate of drug-likeness (QED) is 0.522. The number of rotatable bonds is 5. The van der Waals surface area contributed by atoms with Gasteiger partial charge < -0.3 is 9.84 Å². The summed E-state index contributed by atoms with van der Waals surface area (Å²) in [7, 11) is 1.84. The van der Waals surface area contributed by atoms with Crippen LogP contribution >= 0.6 is 0 Å². The van der Waals surface area contributed by atoms with Gasteiger partial charge in [0.05, 0.1) is 24.3 Å². The number of halogens is 1. The molecule has 0 unspecified atom stereocenters. The number of benzene rings is 1. The Morgan fingerprint density at radius 2 is 1.89 bits per heavy atom. The third-order valence-corrected chi connectivity index (χ3v) is 12.1. The van der Waals surface area contributed by atoms with Crippen LogP contribution in [0.15, 0.2) is 24.4 Å². The Balaban J connectivity index is 1.25. The number of Topliss-reactive ketones (excluding diaryl/α,β-unsaturated/α-hetero) is 1. The Bertz CT molecular complexity index is 1210. The Morgan fingerprint density at radius 1 is 1.11 bits per heavy atom. The van der Waals surface area contributed by atoms with Crippen molar-refractivity contribution in [3.8, 4) is 0 Å².